The van der Waals surface area contributed by atoms with Crippen LogP contribution in [0.25, 0.3) is 0 Å². The van der Waals surface area contributed by atoms with Gasteiger partial charge in [-0.3, -0.25) is 0 Å². The predicted molar refractivity (Wildman–Crippen MR) is 111 cm³/mol. The maximum atomic E-state index is 5.88. The van der Waals surface area contributed by atoms with Crippen LogP contribution in [0, 0.1) is 13.8 Å². The number of anilines is 1. The molecule has 0 amide bonds. The number of hydrogen-bond acceptors (Lipinski definition) is 7. The van der Waals surface area contributed by atoms with Crippen LogP contribution in [0.5, 0.6) is 5.75 Å². The SMILES string of the molecule is COCCOCCOCCOCCOCCOc1cc(C)cc(N(C)C)c1C. The second-order valence-corrected chi connectivity index (χ2v) is 6.59. The van der Waals surface area contributed by atoms with Gasteiger partial charge in [-0.15, -0.1) is 0 Å². The first-order chi connectivity index (χ1) is 13.6. The average molecular weight is 400 g/mol. The third-order valence-electron chi connectivity index (χ3n) is 3.99. The summed E-state index contributed by atoms with van der Waals surface area (Å²) >= 11 is 0. The fourth-order valence-electron chi connectivity index (χ4n) is 2.54. The molecule has 0 aromatic heterocycles. The Hall–Kier alpha value is -1.38. The molecule has 0 unspecified atom stereocenters. The van der Waals surface area contributed by atoms with Gasteiger partial charge in [0.2, 0.25) is 0 Å². The average Bonchev–Trinajstić information content (AvgIpc) is 2.67. The van der Waals surface area contributed by atoms with Gasteiger partial charge in [-0.1, -0.05) is 0 Å². The van der Waals surface area contributed by atoms with Gasteiger partial charge >= 0.3 is 0 Å². The maximum Gasteiger partial charge on any atom is 0.124 e. The summed E-state index contributed by atoms with van der Waals surface area (Å²) in [4.78, 5) is 2.10. The van der Waals surface area contributed by atoms with Crippen LogP contribution >= 0.6 is 0 Å². The van der Waals surface area contributed by atoms with E-state index in [1.54, 1.807) is 7.11 Å². The topological polar surface area (TPSA) is 58.6 Å². The molecule has 162 valence electrons. The first-order valence-electron chi connectivity index (χ1n) is 9.77. The normalized spacial score (nSPS) is 11.0. The van der Waals surface area contributed by atoms with E-state index >= 15 is 0 Å². The standard InChI is InChI=1S/C21H37NO6/c1-18-16-20(22(3)4)19(2)21(17-18)28-15-14-27-13-12-26-11-10-25-9-8-24-7-6-23-5/h16-17H,6-15H2,1-5H3. The molecule has 0 N–H and O–H groups in total. The minimum atomic E-state index is 0.517. The van der Waals surface area contributed by atoms with Crippen LogP contribution < -0.4 is 9.64 Å². The number of hydrogen-bond donors (Lipinski definition) is 0. The molecule has 0 saturated heterocycles. The highest BCUT2D eigenvalue weighted by Gasteiger charge is 2.08. The summed E-state index contributed by atoms with van der Waals surface area (Å²) in [5.41, 5.74) is 3.50. The summed E-state index contributed by atoms with van der Waals surface area (Å²) in [6.07, 6.45) is 0. The van der Waals surface area contributed by atoms with Crippen LogP contribution in [0.15, 0.2) is 12.1 Å². The highest BCUT2D eigenvalue weighted by atomic mass is 16.6. The van der Waals surface area contributed by atoms with Gasteiger partial charge in [0, 0.05) is 32.5 Å². The number of aryl methyl sites for hydroxylation is 1. The summed E-state index contributed by atoms with van der Waals surface area (Å²) in [6, 6.07) is 4.22. The molecule has 7 nitrogen and oxygen atoms in total. The molecular formula is C21H37NO6. The summed E-state index contributed by atoms with van der Waals surface area (Å²) in [7, 11) is 5.73. The van der Waals surface area contributed by atoms with Crippen molar-refractivity contribution in [3.8, 4) is 5.75 Å². The van der Waals surface area contributed by atoms with E-state index in [2.05, 4.69) is 30.9 Å². The highest BCUT2D eigenvalue weighted by Crippen LogP contribution is 2.29. The zero-order valence-corrected chi connectivity index (χ0v) is 18.1. The fraction of sp³-hybridized carbons (Fsp3) is 0.714. The molecule has 0 spiro atoms. The third kappa shape index (κ3) is 10.8. The van der Waals surface area contributed by atoms with Crippen LogP contribution in [-0.2, 0) is 23.7 Å². The van der Waals surface area contributed by atoms with Gasteiger partial charge < -0.3 is 33.3 Å². The second-order valence-electron chi connectivity index (χ2n) is 6.59. The van der Waals surface area contributed by atoms with Crippen LogP contribution in [-0.4, -0.2) is 87.3 Å². The summed E-state index contributed by atoms with van der Waals surface area (Å²) in [5.74, 6) is 0.909. The number of rotatable bonds is 17. The van der Waals surface area contributed by atoms with Gasteiger partial charge in [0.1, 0.15) is 12.4 Å². The number of nitrogens with zero attached hydrogens (tertiary/aromatic N) is 1. The Morgan fingerprint density at radius 1 is 0.679 bits per heavy atom. The molecule has 7 heteroatoms. The van der Waals surface area contributed by atoms with E-state index < -0.39 is 0 Å². The van der Waals surface area contributed by atoms with Crippen LogP contribution in [0.1, 0.15) is 11.1 Å². The quantitative estimate of drug-likeness (QED) is 0.373. The van der Waals surface area contributed by atoms with Crippen LogP contribution in [0.4, 0.5) is 5.69 Å². The van der Waals surface area contributed by atoms with Crippen molar-refractivity contribution < 1.29 is 28.4 Å². The number of benzene rings is 1. The van der Waals surface area contributed by atoms with Crippen molar-refractivity contribution in [3.63, 3.8) is 0 Å². The van der Waals surface area contributed by atoms with Crippen molar-refractivity contribution in [1.82, 2.24) is 0 Å². The van der Waals surface area contributed by atoms with Crippen molar-refractivity contribution >= 4 is 5.69 Å². The molecule has 1 rings (SSSR count). The number of methoxy groups -OCH3 is 1. The van der Waals surface area contributed by atoms with Crippen LogP contribution in [0.2, 0.25) is 0 Å². The molecule has 0 saturated carbocycles. The Balaban J connectivity index is 1.99. The van der Waals surface area contributed by atoms with E-state index in [1.807, 2.05) is 14.1 Å². The van der Waals surface area contributed by atoms with Gasteiger partial charge in [0.25, 0.3) is 0 Å². The van der Waals surface area contributed by atoms with Gasteiger partial charge in [0.05, 0.1) is 59.5 Å². The zero-order chi connectivity index (χ0) is 20.6. The molecule has 0 fully saturated rings. The molecule has 0 bridgehead atoms. The predicted octanol–water partition coefficient (Wildman–Crippen LogP) is 2.46. The minimum absolute atomic E-state index is 0.517. The summed E-state index contributed by atoms with van der Waals surface area (Å²) in [6.45, 7) is 9.72. The van der Waals surface area contributed by atoms with Crippen molar-refractivity contribution in [2.45, 2.75) is 13.8 Å². The lowest BCUT2D eigenvalue weighted by Crippen LogP contribution is -2.15. The van der Waals surface area contributed by atoms with E-state index in [0.29, 0.717) is 66.1 Å². The minimum Gasteiger partial charge on any atom is -0.491 e. The molecule has 0 aliphatic rings. The number of ether oxygens (including phenoxy) is 6. The van der Waals surface area contributed by atoms with E-state index in [4.69, 9.17) is 28.4 Å². The lowest BCUT2D eigenvalue weighted by Gasteiger charge is -2.19. The van der Waals surface area contributed by atoms with Crippen molar-refractivity contribution in [2.24, 2.45) is 0 Å². The zero-order valence-electron chi connectivity index (χ0n) is 18.1. The van der Waals surface area contributed by atoms with Gasteiger partial charge in [0.15, 0.2) is 0 Å². The highest BCUT2D eigenvalue weighted by molar-refractivity contribution is 5.59. The molecule has 1 aromatic carbocycles. The molecule has 0 radical (unpaired) electrons. The first-order valence-corrected chi connectivity index (χ1v) is 9.77. The lowest BCUT2D eigenvalue weighted by molar-refractivity contribution is -0.00979. The maximum absolute atomic E-state index is 5.88. The smallest absolute Gasteiger partial charge is 0.124 e. The summed E-state index contributed by atoms with van der Waals surface area (Å²) < 4.78 is 32.5. The third-order valence-corrected chi connectivity index (χ3v) is 3.99. The van der Waals surface area contributed by atoms with Gasteiger partial charge in [-0.05, 0) is 31.5 Å². The van der Waals surface area contributed by atoms with Crippen LogP contribution in [0.3, 0.4) is 0 Å². The molecule has 0 heterocycles. The van der Waals surface area contributed by atoms with Gasteiger partial charge in [-0.2, -0.15) is 0 Å². The van der Waals surface area contributed by atoms with Gasteiger partial charge in [-0.25, -0.2) is 0 Å². The molecule has 0 atom stereocenters. The van der Waals surface area contributed by atoms with E-state index in [1.165, 1.54) is 11.3 Å². The fourth-order valence-corrected chi connectivity index (χ4v) is 2.54. The Labute approximate surface area is 169 Å². The molecular weight excluding hydrogens is 362 g/mol. The van der Waals surface area contributed by atoms with Crippen molar-refractivity contribution in [3.05, 3.63) is 23.3 Å². The van der Waals surface area contributed by atoms with E-state index in [-0.39, 0.29) is 0 Å². The first kappa shape index (κ1) is 24.7. The van der Waals surface area contributed by atoms with Crippen molar-refractivity contribution in [2.75, 3.05) is 92.2 Å². The molecule has 0 aliphatic carbocycles. The Kier molecular flexibility index (Phi) is 13.7. The lowest BCUT2D eigenvalue weighted by atomic mass is 10.1. The second kappa shape index (κ2) is 15.5. The molecule has 1 aromatic rings. The largest absolute Gasteiger partial charge is 0.491 e. The Bertz CT molecular complexity index is 524. The Morgan fingerprint density at radius 2 is 1.14 bits per heavy atom. The Morgan fingerprint density at radius 3 is 1.61 bits per heavy atom. The molecule has 28 heavy (non-hydrogen) atoms. The van der Waals surface area contributed by atoms with E-state index in [0.717, 1.165) is 11.3 Å². The van der Waals surface area contributed by atoms with Crippen molar-refractivity contribution in [1.29, 1.82) is 0 Å². The molecule has 0 aliphatic heterocycles. The summed E-state index contributed by atoms with van der Waals surface area (Å²) in [5, 5.41) is 0. The van der Waals surface area contributed by atoms with E-state index in [9.17, 15) is 0 Å². The monoisotopic (exact) mass is 399 g/mol.